The zero-order valence-corrected chi connectivity index (χ0v) is 18.8. The molecule has 8 heteroatoms. The molecule has 0 saturated carbocycles. The molecule has 3 aromatic carbocycles. The monoisotopic (exact) mass is 458 g/mol. The lowest BCUT2D eigenvalue weighted by Crippen LogP contribution is -2.31. The number of anilines is 2. The highest BCUT2D eigenvalue weighted by molar-refractivity contribution is 7.93. The molecule has 0 fully saturated rings. The molecule has 0 unspecified atom stereocenters. The predicted octanol–water partition coefficient (Wildman–Crippen LogP) is 4.75. The van der Waals surface area contributed by atoms with Crippen molar-refractivity contribution in [1.29, 1.82) is 0 Å². The fraction of sp³-hybridized carbons (Fsp3) is 0.174. The van der Waals surface area contributed by atoms with Gasteiger partial charge in [-0.05, 0) is 55.0 Å². The standard InChI is InChI=1S/C23H23ClN2O4S/c1-3-26(19-9-5-4-6-10-19)31(28,29)22-16-18(12-13-21(22)24)25-23(27)15-17-8-7-11-20(14-17)30-2/h4-14,16H,3,15H2,1-2H3,(H,25,27). The molecular formula is C23H23ClN2O4S. The molecule has 0 bridgehead atoms. The van der Waals surface area contributed by atoms with E-state index in [0.29, 0.717) is 17.1 Å². The summed E-state index contributed by atoms with van der Waals surface area (Å²) in [5.41, 5.74) is 1.66. The lowest BCUT2D eigenvalue weighted by molar-refractivity contribution is -0.115. The minimum Gasteiger partial charge on any atom is -0.497 e. The van der Waals surface area contributed by atoms with Crippen LogP contribution in [0.5, 0.6) is 5.75 Å². The van der Waals surface area contributed by atoms with Crippen LogP contribution in [-0.4, -0.2) is 28.0 Å². The molecule has 3 aromatic rings. The van der Waals surface area contributed by atoms with Crippen molar-refractivity contribution < 1.29 is 17.9 Å². The van der Waals surface area contributed by atoms with Crippen LogP contribution >= 0.6 is 11.6 Å². The Balaban J connectivity index is 1.84. The molecule has 0 aromatic heterocycles. The summed E-state index contributed by atoms with van der Waals surface area (Å²) in [6.07, 6.45) is 0.118. The molecule has 1 amide bonds. The average molecular weight is 459 g/mol. The predicted molar refractivity (Wildman–Crippen MR) is 123 cm³/mol. The second-order valence-corrected chi connectivity index (χ2v) is 8.96. The van der Waals surface area contributed by atoms with Gasteiger partial charge in [0.1, 0.15) is 10.6 Å². The van der Waals surface area contributed by atoms with Crippen LogP contribution in [0.4, 0.5) is 11.4 Å². The number of para-hydroxylation sites is 1. The van der Waals surface area contributed by atoms with Crippen LogP contribution in [0.2, 0.25) is 5.02 Å². The SMILES string of the molecule is CCN(c1ccccc1)S(=O)(=O)c1cc(NC(=O)Cc2cccc(OC)c2)ccc1Cl. The van der Waals surface area contributed by atoms with Crippen molar-refractivity contribution in [2.24, 2.45) is 0 Å². The number of hydrogen-bond acceptors (Lipinski definition) is 4. The molecule has 0 heterocycles. The van der Waals surface area contributed by atoms with Crippen molar-refractivity contribution >= 4 is 38.9 Å². The van der Waals surface area contributed by atoms with Gasteiger partial charge in [-0.2, -0.15) is 0 Å². The number of nitrogens with one attached hydrogen (secondary N) is 1. The smallest absolute Gasteiger partial charge is 0.265 e. The summed E-state index contributed by atoms with van der Waals surface area (Å²) in [4.78, 5) is 12.4. The van der Waals surface area contributed by atoms with Crippen LogP contribution in [0, 0.1) is 0 Å². The Kier molecular flexibility index (Phi) is 7.20. The fourth-order valence-electron chi connectivity index (χ4n) is 3.16. The first kappa shape index (κ1) is 22.7. The Morgan fingerprint density at radius 2 is 1.77 bits per heavy atom. The third kappa shape index (κ3) is 5.37. The molecule has 0 aliphatic rings. The number of sulfonamides is 1. The fourth-order valence-corrected chi connectivity index (χ4v) is 5.13. The first-order valence-corrected chi connectivity index (χ1v) is 11.5. The second-order valence-electron chi connectivity index (χ2n) is 6.73. The van der Waals surface area contributed by atoms with E-state index >= 15 is 0 Å². The Hall–Kier alpha value is -3.03. The van der Waals surface area contributed by atoms with Crippen molar-refractivity contribution in [3.63, 3.8) is 0 Å². The number of hydrogen-bond donors (Lipinski definition) is 1. The maximum absolute atomic E-state index is 13.3. The van der Waals surface area contributed by atoms with E-state index in [0.717, 1.165) is 5.56 Å². The number of ether oxygens (including phenoxy) is 1. The third-order valence-corrected chi connectivity index (χ3v) is 7.00. The molecule has 0 radical (unpaired) electrons. The van der Waals surface area contributed by atoms with E-state index in [1.54, 1.807) is 62.6 Å². The first-order chi connectivity index (χ1) is 14.8. The Morgan fingerprint density at radius 1 is 1.03 bits per heavy atom. The van der Waals surface area contributed by atoms with Crippen LogP contribution in [0.15, 0.2) is 77.7 Å². The number of carbonyl (C=O) groups excluding carboxylic acids is 1. The van der Waals surface area contributed by atoms with Gasteiger partial charge in [0.25, 0.3) is 10.0 Å². The minimum absolute atomic E-state index is 0.0703. The van der Waals surface area contributed by atoms with Gasteiger partial charge < -0.3 is 10.1 Å². The average Bonchev–Trinajstić information content (AvgIpc) is 2.76. The van der Waals surface area contributed by atoms with E-state index in [4.69, 9.17) is 16.3 Å². The number of rotatable bonds is 8. The van der Waals surface area contributed by atoms with Gasteiger partial charge in [0.05, 0.1) is 24.2 Å². The first-order valence-electron chi connectivity index (χ1n) is 9.65. The van der Waals surface area contributed by atoms with Crippen LogP contribution in [0.1, 0.15) is 12.5 Å². The lowest BCUT2D eigenvalue weighted by atomic mass is 10.1. The quantitative estimate of drug-likeness (QED) is 0.528. The molecule has 1 N–H and O–H groups in total. The molecule has 3 rings (SSSR count). The van der Waals surface area contributed by atoms with Crippen LogP contribution in [0.25, 0.3) is 0 Å². The van der Waals surface area contributed by atoms with Crippen molar-refractivity contribution in [2.75, 3.05) is 23.3 Å². The highest BCUT2D eigenvalue weighted by Gasteiger charge is 2.26. The van der Waals surface area contributed by atoms with E-state index in [1.165, 1.54) is 16.4 Å². The van der Waals surface area contributed by atoms with Gasteiger partial charge in [0.15, 0.2) is 0 Å². The Bertz CT molecular complexity index is 1170. The molecule has 0 aliphatic heterocycles. The summed E-state index contributed by atoms with van der Waals surface area (Å²) >= 11 is 6.24. The number of carbonyl (C=O) groups is 1. The largest absolute Gasteiger partial charge is 0.497 e. The summed E-state index contributed by atoms with van der Waals surface area (Å²) in [5.74, 6) is 0.375. The maximum Gasteiger partial charge on any atom is 0.265 e. The number of benzene rings is 3. The molecule has 0 atom stereocenters. The van der Waals surface area contributed by atoms with E-state index in [2.05, 4.69) is 5.32 Å². The summed E-state index contributed by atoms with van der Waals surface area (Å²) in [7, 11) is -2.37. The van der Waals surface area contributed by atoms with Crippen LogP contribution in [0.3, 0.4) is 0 Å². The van der Waals surface area contributed by atoms with Gasteiger partial charge in [0.2, 0.25) is 5.91 Å². The third-order valence-electron chi connectivity index (χ3n) is 4.61. The van der Waals surface area contributed by atoms with E-state index in [1.807, 2.05) is 12.1 Å². The zero-order chi connectivity index (χ0) is 22.4. The van der Waals surface area contributed by atoms with E-state index in [9.17, 15) is 13.2 Å². The van der Waals surface area contributed by atoms with Gasteiger partial charge >= 0.3 is 0 Å². The van der Waals surface area contributed by atoms with Crippen LogP contribution in [-0.2, 0) is 21.2 Å². The minimum atomic E-state index is -3.93. The van der Waals surface area contributed by atoms with Crippen molar-refractivity contribution in [1.82, 2.24) is 0 Å². The van der Waals surface area contributed by atoms with Crippen molar-refractivity contribution in [3.8, 4) is 5.75 Å². The molecular weight excluding hydrogens is 436 g/mol. The number of amides is 1. The number of methoxy groups -OCH3 is 1. The zero-order valence-electron chi connectivity index (χ0n) is 17.2. The van der Waals surface area contributed by atoms with Gasteiger partial charge in [-0.25, -0.2) is 8.42 Å². The maximum atomic E-state index is 13.3. The van der Waals surface area contributed by atoms with E-state index < -0.39 is 10.0 Å². The Labute approximate surface area is 187 Å². The summed E-state index contributed by atoms with van der Waals surface area (Å²) in [6, 6.07) is 20.4. The van der Waals surface area contributed by atoms with Crippen molar-refractivity contribution in [2.45, 2.75) is 18.2 Å². The molecule has 31 heavy (non-hydrogen) atoms. The van der Waals surface area contributed by atoms with Crippen molar-refractivity contribution in [3.05, 3.63) is 83.4 Å². The van der Waals surface area contributed by atoms with Gasteiger partial charge in [0, 0.05) is 12.2 Å². The highest BCUT2D eigenvalue weighted by Crippen LogP contribution is 2.30. The molecule has 0 aliphatic carbocycles. The topological polar surface area (TPSA) is 75.7 Å². The molecule has 162 valence electrons. The van der Waals surface area contributed by atoms with Gasteiger partial charge in [-0.3, -0.25) is 9.10 Å². The summed E-state index contributed by atoms with van der Waals surface area (Å²) in [6.45, 7) is 1.98. The Morgan fingerprint density at radius 3 is 2.45 bits per heavy atom. The molecule has 0 saturated heterocycles. The van der Waals surface area contributed by atoms with E-state index in [-0.39, 0.29) is 28.8 Å². The van der Waals surface area contributed by atoms with Crippen LogP contribution < -0.4 is 14.4 Å². The molecule has 6 nitrogen and oxygen atoms in total. The second kappa shape index (κ2) is 9.85. The summed E-state index contributed by atoms with van der Waals surface area (Å²) in [5, 5.41) is 2.83. The van der Waals surface area contributed by atoms with Gasteiger partial charge in [-0.1, -0.05) is 41.9 Å². The highest BCUT2D eigenvalue weighted by atomic mass is 35.5. The number of nitrogens with zero attached hydrogens (tertiary/aromatic N) is 1. The summed E-state index contributed by atoms with van der Waals surface area (Å²) < 4.78 is 33.0. The number of halogens is 1. The normalized spacial score (nSPS) is 11.1. The molecule has 0 spiro atoms. The van der Waals surface area contributed by atoms with Gasteiger partial charge in [-0.15, -0.1) is 0 Å². The lowest BCUT2D eigenvalue weighted by Gasteiger charge is -2.23.